The molecule has 76 valence electrons. The molecule has 0 saturated heterocycles. The molecular weight excluding hydrogens is 170 g/mol. The summed E-state index contributed by atoms with van der Waals surface area (Å²) >= 11 is 0. The third kappa shape index (κ3) is 1.83. The molecule has 0 amide bonds. The summed E-state index contributed by atoms with van der Waals surface area (Å²) in [5, 5.41) is 3.68. The highest BCUT2D eigenvalue weighted by Gasteiger charge is 2.22. The molecule has 14 heavy (non-hydrogen) atoms. The van der Waals surface area contributed by atoms with Gasteiger partial charge in [0.1, 0.15) is 0 Å². The lowest BCUT2D eigenvalue weighted by atomic mass is 10.1. The molecule has 0 aliphatic heterocycles. The predicted molar refractivity (Wildman–Crippen MR) is 60.4 cm³/mol. The summed E-state index contributed by atoms with van der Waals surface area (Å²) in [6.45, 7) is 4.50. The van der Waals surface area contributed by atoms with E-state index in [1.165, 1.54) is 30.4 Å². The van der Waals surface area contributed by atoms with Crippen LogP contribution < -0.4 is 5.32 Å². The topological polar surface area (TPSA) is 12.0 Å². The molecule has 1 aromatic rings. The van der Waals surface area contributed by atoms with Gasteiger partial charge in [0.05, 0.1) is 0 Å². The van der Waals surface area contributed by atoms with E-state index in [0.717, 1.165) is 0 Å². The summed E-state index contributed by atoms with van der Waals surface area (Å²) in [4.78, 5) is 0. The van der Waals surface area contributed by atoms with Gasteiger partial charge in [-0.2, -0.15) is 0 Å². The van der Waals surface area contributed by atoms with E-state index in [1.54, 1.807) is 0 Å². The maximum Gasteiger partial charge on any atom is 0.0328 e. The fourth-order valence-electron chi connectivity index (χ4n) is 2.19. The van der Waals surface area contributed by atoms with Crippen molar-refractivity contribution < 1.29 is 0 Å². The SMILES string of the molecule is CC[C@H](C)N[C@@H]1CCc2ccccc21. The highest BCUT2D eigenvalue weighted by atomic mass is 14.9. The Kier molecular flexibility index (Phi) is 2.87. The molecule has 0 saturated carbocycles. The molecule has 2 atom stereocenters. The maximum absolute atomic E-state index is 3.68. The first-order valence-electron chi connectivity index (χ1n) is 5.65. The number of fused-ring (bicyclic) bond motifs is 1. The Hall–Kier alpha value is -0.820. The Morgan fingerprint density at radius 2 is 2.21 bits per heavy atom. The van der Waals surface area contributed by atoms with Crippen LogP contribution in [0.5, 0.6) is 0 Å². The van der Waals surface area contributed by atoms with Crippen LogP contribution >= 0.6 is 0 Å². The highest BCUT2D eigenvalue weighted by Crippen LogP contribution is 2.31. The molecule has 0 unspecified atom stereocenters. The van der Waals surface area contributed by atoms with Crippen molar-refractivity contribution in [2.75, 3.05) is 0 Å². The summed E-state index contributed by atoms with van der Waals surface area (Å²) in [5.41, 5.74) is 3.06. The van der Waals surface area contributed by atoms with Gasteiger partial charge in [0.25, 0.3) is 0 Å². The molecule has 0 spiro atoms. The van der Waals surface area contributed by atoms with Crippen LogP contribution in [0.1, 0.15) is 43.9 Å². The molecule has 2 rings (SSSR count). The third-order valence-electron chi connectivity index (χ3n) is 3.23. The quantitative estimate of drug-likeness (QED) is 0.770. The number of hydrogen-bond acceptors (Lipinski definition) is 1. The molecule has 0 heterocycles. The van der Waals surface area contributed by atoms with E-state index in [0.29, 0.717) is 12.1 Å². The summed E-state index contributed by atoms with van der Waals surface area (Å²) in [7, 11) is 0. The number of rotatable bonds is 3. The van der Waals surface area contributed by atoms with Crippen molar-refractivity contribution in [2.24, 2.45) is 0 Å². The lowest BCUT2D eigenvalue weighted by molar-refractivity contribution is 0.445. The largest absolute Gasteiger partial charge is 0.307 e. The van der Waals surface area contributed by atoms with Crippen LogP contribution in [0.4, 0.5) is 0 Å². The minimum absolute atomic E-state index is 0.598. The maximum atomic E-state index is 3.68. The smallest absolute Gasteiger partial charge is 0.0328 e. The van der Waals surface area contributed by atoms with Gasteiger partial charge in [0, 0.05) is 12.1 Å². The molecule has 1 heteroatoms. The molecular formula is C13H19N. The lowest BCUT2D eigenvalue weighted by Gasteiger charge is -2.18. The second kappa shape index (κ2) is 4.14. The first-order valence-corrected chi connectivity index (χ1v) is 5.65. The number of hydrogen-bond donors (Lipinski definition) is 1. The highest BCUT2D eigenvalue weighted by molar-refractivity contribution is 5.34. The van der Waals surface area contributed by atoms with Crippen molar-refractivity contribution in [3.8, 4) is 0 Å². The van der Waals surface area contributed by atoms with Crippen LogP contribution in [0.25, 0.3) is 0 Å². The summed E-state index contributed by atoms with van der Waals surface area (Å²) in [6, 6.07) is 10.0. The normalized spacial score (nSPS) is 22.0. The number of nitrogens with one attached hydrogen (secondary N) is 1. The Bertz CT molecular complexity index is 306. The average molecular weight is 189 g/mol. The zero-order valence-corrected chi connectivity index (χ0v) is 9.09. The van der Waals surface area contributed by atoms with Crippen molar-refractivity contribution >= 4 is 0 Å². The second-order valence-electron chi connectivity index (χ2n) is 4.27. The third-order valence-corrected chi connectivity index (χ3v) is 3.23. The van der Waals surface area contributed by atoms with Gasteiger partial charge >= 0.3 is 0 Å². The van der Waals surface area contributed by atoms with Gasteiger partial charge < -0.3 is 5.32 Å². The molecule has 1 nitrogen and oxygen atoms in total. The standard InChI is InChI=1S/C13H19N/c1-3-10(2)14-13-9-8-11-6-4-5-7-12(11)13/h4-7,10,13-14H,3,8-9H2,1-2H3/t10-,13+/m0/s1. The van der Waals surface area contributed by atoms with Crippen LogP contribution in [0.2, 0.25) is 0 Å². The number of aryl methyl sites for hydroxylation is 1. The molecule has 0 bridgehead atoms. The lowest BCUT2D eigenvalue weighted by Crippen LogP contribution is -2.28. The fraction of sp³-hybridized carbons (Fsp3) is 0.538. The van der Waals surface area contributed by atoms with Crippen LogP contribution in [0, 0.1) is 0 Å². The van der Waals surface area contributed by atoms with Crippen LogP contribution in [-0.4, -0.2) is 6.04 Å². The Labute approximate surface area is 86.5 Å². The first kappa shape index (κ1) is 9.72. The van der Waals surface area contributed by atoms with Gasteiger partial charge in [-0.25, -0.2) is 0 Å². The van der Waals surface area contributed by atoms with Gasteiger partial charge in [-0.05, 0) is 37.3 Å². The van der Waals surface area contributed by atoms with Crippen LogP contribution in [-0.2, 0) is 6.42 Å². The van der Waals surface area contributed by atoms with E-state index in [2.05, 4.69) is 43.4 Å². The zero-order valence-electron chi connectivity index (χ0n) is 9.09. The molecule has 1 aliphatic rings. The molecule has 0 radical (unpaired) electrons. The minimum atomic E-state index is 0.598. The van der Waals surface area contributed by atoms with E-state index in [9.17, 15) is 0 Å². The monoisotopic (exact) mass is 189 g/mol. The second-order valence-corrected chi connectivity index (χ2v) is 4.27. The molecule has 0 aromatic heterocycles. The Morgan fingerprint density at radius 1 is 1.43 bits per heavy atom. The van der Waals surface area contributed by atoms with E-state index in [1.807, 2.05) is 0 Å². The summed E-state index contributed by atoms with van der Waals surface area (Å²) in [6.07, 6.45) is 3.71. The van der Waals surface area contributed by atoms with Crippen molar-refractivity contribution in [3.63, 3.8) is 0 Å². The molecule has 1 aliphatic carbocycles. The van der Waals surface area contributed by atoms with Crippen LogP contribution in [0.3, 0.4) is 0 Å². The van der Waals surface area contributed by atoms with E-state index in [4.69, 9.17) is 0 Å². The summed E-state index contributed by atoms with van der Waals surface area (Å²) in [5.74, 6) is 0. The van der Waals surface area contributed by atoms with Crippen molar-refractivity contribution in [2.45, 2.75) is 45.2 Å². The minimum Gasteiger partial charge on any atom is -0.307 e. The van der Waals surface area contributed by atoms with Crippen molar-refractivity contribution in [1.29, 1.82) is 0 Å². The average Bonchev–Trinajstić information content (AvgIpc) is 2.62. The zero-order chi connectivity index (χ0) is 9.97. The van der Waals surface area contributed by atoms with Gasteiger partial charge in [-0.15, -0.1) is 0 Å². The van der Waals surface area contributed by atoms with Crippen molar-refractivity contribution in [3.05, 3.63) is 35.4 Å². The Morgan fingerprint density at radius 3 is 3.00 bits per heavy atom. The molecule has 0 fully saturated rings. The first-order chi connectivity index (χ1) is 6.81. The van der Waals surface area contributed by atoms with Gasteiger partial charge in [0.2, 0.25) is 0 Å². The van der Waals surface area contributed by atoms with Crippen molar-refractivity contribution in [1.82, 2.24) is 5.32 Å². The van der Waals surface area contributed by atoms with E-state index >= 15 is 0 Å². The van der Waals surface area contributed by atoms with E-state index < -0.39 is 0 Å². The molecule has 1 N–H and O–H groups in total. The van der Waals surface area contributed by atoms with Gasteiger partial charge in [-0.1, -0.05) is 31.2 Å². The van der Waals surface area contributed by atoms with Crippen LogP contribution in [0.15, 0.2) is 24.3 Å². The summed E-state index contributed by atoms with van der Waals surface area (Å²) < 4.78 is 0. The fourth-order valence-corrected chi connectivity index (χ4v) is 2.19. The molecule has 1 aromatic carbocycles. The van der Waals surface area contributed by atoms with Gasteiger partial charge in [-0.3, -0.25) is 0 Å². The number of benzene rings is 1. The predicted octanol–water partition coefficient (Wildman–Crippen LogP) is 3.06. The Balaban J connectivity index is 2.10. The van der Waals surface area contributed by atoms with E-state index in [-0.39, 0.29) is 0 Å². The van der Waals surface area contributed by atoms with Gasteiger partial charge in [0.15, 0.2) is 0 Å².